The summed E-state index contributed by atoms with van der Waals surface area (Å²) < 4.78 is 0. The normalized spacial score (nSPS) is 13.8. The zero-order valence-electron chi connectivity index (χ0n) is 18.0. The highest BCUT2D eigenvalue weighted by atomic mass is 32.1. The van der Waals surface area contributed by atoms with Crippen LogP contribution in [0.4, 0.5) is 0 Å². The standard InChI is InChI=1S/C18H35NO2S.C3H7NOS/c1-4-5-6-7-8-9-10-11-12-17(15(2)20)13-19-18(14-22)16(3)21;4-3(1-5)2-6/h17-19,22H,4-14H2,1-3H3;1,3,6H,2,4H2/t17?,18-;3-/m01/s1. The summed E-state index contributed by atoms with van der Waals surface area (Å²) in [7, 11) is 0. The van der Waals surface area contributed by atoms with Crippen molar-refractivity contribution in [3.63, 3.8) is 0 Å². The molecule has 0 heterocycles. The van der Waals surface area contributed by atoms with Crippen LogP contribution in [0.2, 0.25) is 0 Å². The van der Waals surface area contributed by atoms with Gasteiger partial charge in [-0.25, -0.2) is 0 Å². The van der Waals surface area contributed by atoms with Gasteiger partial charge in [-0.15, -0.1) is 0 Å². The van der Waals surface area contributed by atoms with Crippen LogP contribution in [0.3, 0.4) is 0 Å². The number of rotatable bonds is 17. The summed E-state index contributed by atoms with van der Waals surface area (Å²) in [6.07, 6.45) is 11.8. The summed E-state index contributed by atoms with van der Waals surface area (Å²) in [6, 6.07) is -0.614. The van der Waals surface area contributed by atoms with Gasteiger partial charge in [-0.05, 0) is 20.3 Å². The third-order valence-electron chi connectivity index (χ3n) is 4.65. The number of nitrogens with one attached hydrogen (secondary N) is 1. The molecule has 0 aromatic carbocycles. The molecule has 0 aliphatic rings. The highest BCUT2D eigenvalue weighted by Crippen LogP contribution is 2.14. The maximum absolute atomic E-state index is 11.7. The van der Waals surface area contributed by atoms with Crippen molar-refractivity contribution in [3.05, 3.63) is 0 Å². The van der Waals surface area contributed by atoms with Crippen LogP contribution in [0.1, 0.15) is 78.6 Å². The first-order valence-corrected chi connectivity index (χ1v) is 11.8. The van der Waals surface area contributed by atoms with Gasteiger partial charge in [-0.3, -0.25) is 9.59 Å². The molecule has 1 unspecified atom stereocenters. The molecule has 0 aliphatic carbocycles. The molecule has 0 aliphatic heterocycles. The molecule has 5 nitrogen and oxygen atoms in total. The Kier molecular flexibility index (Phi) is 22.7. The Morgan fingerprint density at radius 3 is 1.82 bits per heavy atom. The smallest absolute Gasteiger partial charge is 0.147 e. The molecule has 166 valence electrons. The van der Waals surface area contributed by atoms with Crippen molar-refractivity contribution in [1.29, 1.82) is 0 Å². The van der Waals surface area contributed by atoms with Crippen LogP contribution in [-0.4, -0.2) is 48.0 Å². The fourth-order valence-corrected chi connectivity index (χ4v) is 3.11. The molecule has 0 aromatic rings. The minimum atomic E-state index is -0.381. The molecule has 7 heteroatoms. The first-order valence-electron chi connectivity index (χ1n) is 10.5. The Balaban J connectivity index is 0. The summed E-state index contributed by atoms with van der Waals surface area (Å²) in [6.45, 7) is 6.05. The molecule has 0 radical (unpaired) electrons. The van der Waals surface area contributed by atoms with Crippen molar-refractivity contribution in [3.8, 4) is 0 Å². The Hall–Kier alpha value is -0.370. The van der Waals surface area contributed by atoms with Gasteiger partial charge in [0.1, 0.15) is 17.9 Å². The molecular formula is C21H42N2O3S2. The van der Waals surface area contributed by atoms with Gasteiger partial charge >= 0.3 is 0 Å². The molecule has 0 fully saturated rings. The molecule has 0 bridgehead atoms. The molecule has 0 saturated heterocycles. The molecule has 0 spiro atoms. The van der Waals surface area contributed by atoms with Crippen LogP contribution in [0.15, 0.2) is 0 Å². The van der Waals surface area contributed by atoms with Gasteiger partial charge in [-0.2, -0.15) is 25.3 Å². The maximum atomic E-state index is 11.7. The lowest BCUT2D eigenvalue weighted by atomic mass is 9.96. The molecule has 0 amide bonds. The highest BCUT2D eigenvalue weighted by Gasteiger charge is 2.17. The summed E-state index contributed by atoms with van der Waals surface area (Å²) in [5.41, 5.74) is 5.03. The average Bonchev–Trinajstić information content (AvgIpc) is 2.68. The third kappa shape index (κ3) is 19.0. The molecule has 0 saturated carbocycles. The second-order valence-corrected chi connectivity index (χ2v) is 8.04. The number of thiol groups is 2. The predicted octanol–water partition coefficient (Wildman–Crippen LogP) is 3.64. The number of Topliss-reactive ketones (excluding diaryl/α,β-unsaturated/α-hetero) is 2. The van der Waals surface area contributed by atoms with Gasteiger partial charge in [0.05, 0.1) is 12.1 Å². The minimum absolute atomic E-state index is 0.0295. The van der Waals surface area contributed by atoms with Gasteiger partial charge in [0.25, 0.3) is 0 Å². The van der Waals surface area contributed by atoms with Crippen LogP contribution >= 0.6 is 25.3 Å². The summed E-state index contributed by atoms with van der Waals surface area (Å²) >= 11 is 7.91. The lowest BCUT2D eigenvalue weighted by Gasteiger charge is -2.18. The van der Waals surface area contributed by atoms with E-state index in [0.717, 1.165) is 12.8 Å². The molecule has 0 rings (SSSR count). The zero-order chi connectivity index (χ0) is 21.8. The summed E-state index contributed by atoms with van der Waals surface area (Å²) in [4.78, 5) is 32.6. The number of carbonyl (C=O) groups is 3. The van der Waals surface area contributed by atoms with E-state index >= 15 is 0 Å². The second-order valence-electron chi connectivity index (χ2n) is 7.31. The molecule has 28 heavy (non-hydrogen) atoms. The molecular weight excluding hydrogens is 392 g/mol. The highest BCUT2D eigenvalue weighted by molar-refractivity contribution is 7.80. The quantitative estimate of drug-likeness (QED) is 0.159. The largest absolute Gasteiger partial charge is 0.321 e. The Morgan fingerprint density at radius 2 is 1.46 bits per heavy atom. The lowest BCUT2D eigenvalue weighted by Crippen LogP contribution is -2.41. The third-order valence-corrected chi connectivity index (χ3v) is 5.44. The van der Waals surface area contributed by atoms with E-state index in [1.807, 2.05) is 0 Å². The van der Waals surface area contributed by atoms with Gasteiger partial charge < -0.3 is 15.8 Å². The van der Waals surface area contributed by atoms with Gasteiger partial charge in [0, 0.05) is 24.0 Å². The van der Waals surface area contributed by atoms with Gasteiger partial charge in [-0.1, -0.05) is 58.3 Å². The molecule has 0 aromatic heterocycles. The number of ketones is 2. The fourth-order valence-electron chi connectivity index (χ4n) is 2.64. The number of hydrogen-bond donors (Lipinski definition) is 4. The van der Waals surface area contributed by atoms with Crippen LogP contribution < -0.4 is 11.1 Å². The van der Waals surface area contributed by atoms with Crippen molar-refractivity contribution in [2.45, 2.75) is 90.6 Å². The Bertz CT molecular complexity index is 409. The monoisotopic (exact) mass is 434 g/mol. The van der Waals surface area contributed by atoms with Crippen LogP contribution in [0.5, 0.6) is 0 Å². The second kappa shape index (κ2) is 21.3. The summed E-state index contributed by atoms with van der Waals surface area (Å²) in [5, 5.41) is 3.18. The van der Waals surface area contributed by atoms with E-state index in [1.165, 1.54) is 44.9 Å². The first kappa shape index (κ1) is 29.8. The Labute approximate surface area is 183 Å². The van der Waals surface area contributed by atoms with E-state index < -0.39 is 0 Å². The fraction of sp³-hybridized carbons (Fsp3) is 0.857. The van der Waals surface area contributed by atoms with Gasteiger partial charge in [0.15, 0.2) is 0 Å². The number of unbranched alkanes of at least 4 members (excludes halogenated alkanes) is 7. The molecule has 3 atom stereocenters. The van der Waals surface area contributed by atoms with Crippen molar-refractivity contribution in [2.24, 2.45) is 11.7 Å². The first-order chi connectivity index (χ1) is 13.3. The van der Waals surface area contributed by atoms with Gasteiger partial charge in [0.2, 0.25) is 0 Å². The number of aldehydes is 1. The molecule has 3 N–H and O–H groups in total. The average molecular weight is 435 g/mol. The van der Waals surface area contributed by atoms with E-state index in [4.69, 9.17) is 5.73 Å². The minimum Gasteiger partial charge on any atom is -0.321 e. The van der Waals surface area contributed by atoms with Crippen molar-refractivity contribution < 1.29 is 14.4 Å². The number of carbonyl (C=O) groups excluding carboxylic acids is 3. The van der Waals surface area contributed by atoms with Crippen LogP contribution in [-0.2, 0) is 14.4 Å². The van der Waals surface area contributed by atoms with Crippen molar-refractivity contribution in [1.82, 2.24) is 5.32 Å². The van der Waals surface area contributed by atoms with Crippen molar-refractivity contribution >= 4 is 43.1 Å². The van der Waals surface area contributed by atoms with E-state index in [2.05, 4.69) is 37.5 Å². The topological polar surface area (TPSA) is 89.3 Å². The number of hydrogen-bond acceptors (Lipinski definition) is 7. The van der Waals surface area contributed by atoms with Crippen LogP contribution in [0, 0.1) is 5.92 Å². The van der Waals surface area contributed by atoms with E-state index in [0.29, 0.717) is 24.3 Å². The summed E-state index contributed by atoms with van der Waals surface area (Å²) in [5.74, 6) is 1.25. The maximum Gasteiger partial charge on any atom is 0.147 e. The van der Waals surface area contributed by atoms with E-state index in [9.17, 15) is 14.4 Å². The van der Waals surface area contributed by atoms with E-state index in [-0.39, 0.29) is 29.6 Å². The van der Waals surface area contributed by atoms with E-state index in [1.54, 1.807) is 13.8 Å². The predicted molar refractivity (Wildman–Crippen MR) is 126 cm³/mol. The number of nitrogens with two attached hydrogens (primary N) is 1. The van der Waals surface area contributed by atoms with Crippen molar-refractivity contribution in [2.75, 3.05) is 18.1 Å². The SMILES string of the molecule is CCCCCCCCCCC(CN[C@@H](CS)C(C)=O)C(C)=O.N[C@H](C=O)CS. The van der Waals surface area contributed by atoms with Crippen LogP contribution in [0.25, 0.3) is 0 Å². The zero-order valence-corrected chi connectivity index (χ0v) is 19.8. The lowest BCUT2D eigenvalue weighted by molar-refractivity contribution is -0.122. The Morgan fingerprint density at radius 1 is 0.929 bits per heavy atom.